The van der Waals surface area contributed by atoms with Crippen LogP contribution in [0.1, 0.15) is 5.56 Å². The van der Waals surface area contributed by atoms with Crippen LogP contribution in [0.15, 0.2) is 24.3 Å². The Morgan fingerprint density at radius 1 is 1.13 bits per heavy atom. The Bertz CT molecular complexity index is 442. The van der Waals surface area contributed by atoms with E-state index in [2.05, 4.69) is 0 Å². The second-order valence-electron chi connectivity index (χ2n) is 4.53. The first-order valence-electron chi connectivity index (χ1n) is 6.21. The molecule has 1 aromatic rings. The summed E-state index contributed by atoms with van der Waals surface area (Å²) < 4.78 is -0.585. The molecule has 0 saturated heterocycles. The summed E-state index contributed by atoms with van der Waals surface area (Å²) >= 11 is 11.3. The van der Waals surface area contributed by atoms with Gasteiger partial charge in [-0.1, -0.05) is 12.1 Å². The van der Waals surface area contributed by atoms with Crippen molar-refractivity contribution in [3.05, 3.63) is 35.0 Å². The molecule has 0 bridgehead atoms. The minimum Gasteiger partial charge on any atom is -0.627 e. The molecular weight excluding hydrogens is 409 g/mol. The maximum Gasteiger partial charge on any atom is 0.320 e. The molecule has 3 N–H and O–H groups in total. The summed E-state index contributed by atoms with van der Waals surface area (Å²) in [4.78, 5) is 10.7. The van der Waals surface area contributed by atoms with Gasteiger partial charge in [0.25, 0.3) is 0 Å². The molecule has 0 radical (unpaired) electrons. The molecule has 0 fully saturated rings. The zero-order valence-corrected chi connectivity index (χ0v) is 16.2. The van der Waals surface area contributed by atoms with E-state index in [-0.39, 0.29) is 68.5 Å². The molecule has 0 heterocycles. The Balaban J connectivity index is -0.00000133. The van der Waals surface area contributed by atoms with Gasteiger partial charge in [0.1, 0.15) is 11.7 Å². The molecule has 10 heteroatoms. The SMILES string of the molecule is Cl.Cl.Cl.N[C@@H](Cc1ccc([N+]([O-])(CCCl)CCCl)cc1)C(=O)O. The van der Waals surface area contributed by atoms with Gasteiger partial charge in [-0.05, 0) is 24.1 Å². The summed E-state index contributed by atoms with van der Waals surface area (Å²) in [7, 11) is 0. The van der Waals surface area contributed by atoms with Gasteiger partial charge in [0.2, 0.25) is 0 Å². The number of aliphatic carboxylic acids is 1. The number of hydrogen-bond acceptors (Lipinski definition) is 3. The van der Waals surface area contributed by atoms with Crippen molar-refractivity contribution in [3.63, 3.8) is 0 Å². The number of quaternary nitrogens is 1. The molecule has 0 spiro atoms. The Morgan fingerprint density at radius 2 is 1.57 bits per heavy atom. The Kier molecular flexibility index (Phi) is 16.1. The lowest BCUT2D eigenvalue weighted by Gasteiger charge is -2.41. The van der Waals surface area contributed by atoms with E-state index in [0.717, 1.165) is 5.56 Å². The van der Waals surface area contributed by atoms with E-state index < -0.39 is 16.7 Å². The molecule has 0 aliphatic rings. The van der Waals surface area contributed by atoms with Crippen molar-refractivity contribution in [2.24, 2.45) is 5.73 Å². The maximum atomic E-state index is 12.6. The quantitative estimate of drug-likeness (QED) is 0.377. The molecule has 1 atom stereocenters. The van der Waals surface area contributed by atoms with Crippen LogP contribution < -0.4 is 10.4 Å². The fourth-order valence-corrected chi connectivity index (χ4v) is 2.43. The number of alkyl halides is 2. The van der Waals surface area contributed by atoms with E-state index in [9.17, 15) is 10.0 Å². The van der Waals surface area contributed by atoms with Gasteiger partial charge in [0.15, 0.2) is 0 Å². The first kappa shape index (κ1) is 27.8. The van der Waals surface area contributed by atoms with Crippen LogP contribution in [-0.4, -0.2) is 42.0 Å². The summed E-state index contributed by atoms with van der Waals surface area (Å²) in [5.74, 6) is -0.565. The number of halogens is 5. The molecule has 0 unspecified atom stereocenters. The van der Waals surface area contributed by atoms with Crippen molar-refractivity contribution in [1.82, 2.24) is 4.65 Å². The zero-order chi connectivity index (χ0) is 15.2. The van der Waals surface area contributed by atoms with Crippen LogP contribution in [0.2, 0.25) is 0 Å². The lowest BCUT2D eigenvalue weighted by Crippen LogP contribution is -2.46. The molecule has 5 nitrogen and oxygen atoms in total. The van der Waals surface area contributed by atoms with Crippen LogP contribution in [0.5, 0.6) is 0 Å². The van der Waals surface area contributed by atoms with Crippen LogP contribution in [0, 0.1) is 5.21 Å². The average molecular weight is 431 g/mol. The van der Waals surface area contributed by atoms with E-state index in [0.29, 0.717) is 5.69 Å². The van der Waals surface area contributed by atoms with Gasteiger partial charge in [-0.3, -0.25) is 4.79 Å². The number of benzene rings is 1. The molecule has 0 aliphatic heterocycles. The molecule has 0 aromatic heterocycles. The number of carboxylic acids is 1. The molecule has 1 aromatic carbocycles. The minimum absolute atomic E-state index is 0. The minimum atomic E-state index is -1.05. The Hall–Kier alpha value is 0.0200. The van der Waals surface area contributed by atoms with Crippen LogP contribution in [0.25, 0.3) is 0 Å². The molecule has 136 valence electrons. The Labute approximate surface area is 164 Å². The topological polar surface area (TPSA) is 86.4 Å². The van der Waals surface area contributed by atoms with Crippen LogP contribution >= 0.6 is 60.4 Å². The second-order valence-corrected chi connectivity index (χ2v) is 5.29. The summed E-state index contributed by atoms with van der Waals surface area (Å²) in [6, 6.07) is 5.83. The Morgan fingerprint density at radius 3 is 1.91 bits per heavy atom. The normalized spacial score (nSPS) is 11.5. The third-order valence-electron chi connectivity index (χ3n) is 3.07. The standard InChI is InChI=1S/C13H18Cl2N2O3.3ClH/c14-5-7-17(20,8-6-15)11-3-1-10(2-4-11)9-12(16)13(18)19;;;/h1-4,12H,5-9,16H2,(H,18,19);3*1H/t12-;;;/m0.../s1. The molecule has 0 saturated carbocycles. The highest BCUT2D eigenvalue weighted by molar-refractivity contribution is 6.18. The number of hydrogen-bond donors (Lipinski definition) is 2. The number of rotatable bonds is 8. The summed E-state index contributed by atoms with van der Waals surface area (Å²) in [6.45, 7) is 0.477. The molecular formula is C13H21Cl5N2O3. The third kappa shape index (κ3) is 8.61. The second kappa shape index (κ2) is 13.3. The summed E-state index contributed by atoms with van der Waals surface area (Å²) in [6.07, 6.45) is 0.222. The van der Waals surface area contributed by atoms with Gasteiger partial charge in [0, 0.05) is 0 Å². The number of carbonyl (C=O) groups is 1. The van der Waals surface area contributed by atoms with E-state index in [1.807, 2.05) is 0 Å². The fourth-order valence-electron chi connectivity index (χ4n) is 1.89. The van der Waals surface area contributed by atoms with Gasteiger partial charge < -0.3 is 20.7 Å². The summed E-state index contributed by atoms with van der Waals surface area (Å²) in [5, 5.41) is 21.4. The largest absolute Gasteiger partial charge is 0.627 e. The number of nitrogens with zero attached hydrogens (tertiary/aromatic N) is 1. The van der Waals surface area contributed by atoms with E-state index in [1.54, 1.807) is 24.3 Å². The van der Waals surface area contributed by atoms with Crippen molar-refractivity contribution >= 4 is 72.1 Å². The first-order chi connectivity index (χ1) is 9.42. The number of hydroxylamine groups is 2. The van der Waals surface area contributed by atoms with Crippen LogP contribution in [-0.2, 0) is 11.2 Å². The smallest absolute Gasteiger partial charge is 0.320 e. The van der Waals surface area contributed by atoms with Crippen molar-refractivity contribution in [2.75, 3.05) is 24.8 Å². The van der Waals surface area contributed by atoms with Gasteiger partial charge >= 0.3 is 5.97 Å². The van der Waals surface area contributed by atoms with Gasteiger partial charge in [-0.15, -0.1) is 60.4 Å². The predicted molar refractivity (Wildman–Crippen MR) is 104 cm³/mol. The third-order valence-corrected chi connectivity index (χ3v) is 3.41. The summed E-state index contributed by atoms with van der Waals surface area (Å²) in [5.41, 5.74) is 6.79. The number of carboxylic acid groups (broad SMARTS) is 1. The predicted octanol–water partition coefficient (Wildman–Crippen LogP) is 3.19. The van der Waals surface area contributed by atoms with Crippen molar-refractivity contribution in [3.8, 4) is 0 Å². The molecule has 1 rings (SSSR count). The highest BCUT2D eigenvalue weighted by Gasteiger charge is 2.19. The fraction of sp³-hybridized carbons (Fsp3) is 0.462. The van der Waals surface area contributed by atoms with Crippen molar-refractivity contribution in [1.29, 1.82) is 0 Å². The maximum absolute atomic E-state index is 12.6. The lowest BCUT2D eigenvalue weighted by atomic mass is 10.1. The van der Waals surface area contributed by atoms with Crippen molar-refractivity contribution < 1.29 is 9.90 Å². The van der Waals surface area contributed by atoms with E-state index in [1.165, 1.54) is 0 Å². The first-order valence-corrected chi connectivity index (χ1v) is 7.28. The van der Waals surface area contributed by atoms with E-state index >= 15 is 0 Å². The van der Waals surface area contributed by atoms with Crippen LogP contribution in [0.4, 0.5) is 5.69 Å². The molecule has 0 aliphatic carbocycles. The van der Waals surface area contributed by atoms with Crippen LogP contribution in [0.3, 0.4) is 0 Å². The van der Waals surface area contributed by atoms with E-state index in [4.69, 9.17) is 34.0 Å². The highest BCUT2D eigenvalue weighted by Crippen LogP contribution is 2.23. The highest BCUT2D eigenvalue weighted by atomic mass is 35.5. The van der Waals surface area contributed by atoms with Crippen molar-refractivity contribution in [2.45, 2.75) is 12.5 Å². The lowest BCUT2D eigenvalue weighted by molar-refractivity contribution is -0.138. The van der Waals surface area contributed by atoms with Gasteiger partial charge in [0.05, 0.1) is 24.8 Å². The van der Waals surface area contributed by atoms with Gasteiger partial charge in [-0.2, -0.15) is 0 Å². The average Bonchev–Trinajstić information content (AvgIpc) is 2.39. The molecule has 23 heavy (non-hydrogen) atoms. The molecule has 0 amide bonds. The number of nitrogens with two attached hydrogens (primary N) is 1. The van der Waals surface area contributed by atoms with Gasteiger partial charge in [-0.25, -0.2) is 0 Å². The monoisotopic (exact) mass is 428 g/mol. The zero-order valence-electron chi connectivity index (χ0n) is 12.2.